The first kappa shape index (κ1) is 97.8. The summed E-state index contributed by atoms with van der Waals surface area (Å²) in [6.07, 6.45) is 0. The van der Waals surface area contributed by atoms with Crippen molar-refractivity contribution in [3.8, 4) is 92.0 Å². The van der Waals surface area contributed by atoms with Crippen molar-refractivity contribution < 1.29 is 104 Å². The number of fused-ring (bicyclic) bond motifs is 4. The van der Waals surface area contributed by atoms with Crippen molar-refractivity contribution in [2.45, 2.75) is 13.8 Å². The highest BCUT2D eigenvalue weighted by atomic mass is 32.1. The minimum absolute atomic E-state index is 0.0445. The molecule has 4 N–H and O–H groups in total. The summed E-state index contributed by atoms with van der Waals surface area (Å²) in [4.78, 5) is 63.3. The Bertz CT molecular complexity index is 6550. The van der Waals surface area contributed by atoms with Gasteiger partial charge in [-0.05, 0) is 214 Å². The molecule has 30 heteroatoms. The second kappa shape index (κ2) is 45.4. The van der Waals surface area contributed by atoms with Crippen LogP contribution in [0.3, 0.4) is 0 Å². The lowest BCUT2D eigenvalue weighted by Crippen LogP contribution is -2.49. The quantitative estimate of drug-likeness (QED) is 0.0211. The number of likely N-dealkylation sites (tertiary alicyclic amines) is 4. The summed E-state index contributed by atoms with van der Waals surface area (Å²) < 4.78 is 130. The largest absolute Gasteiger partial charge is 0.508 e. The first-order chi connectivity index (χ1) is 68.0. The molecule has 0 spiro atoms. The SMILES string of the molecule is Cc1ccc(C(=O)c2sc3cc(O)ccc3c2Oc2ccc(OCCN3CC(CF)C3)cc2)cc1.Cc1ccccc1C(=O)c1sc2cc(O)ccc2c1Oc1ccc(OCCN2CC(CF)C2)cc1.O=C(c1ccccc1F)c1sc2cc(O)ccc2c1Oc1ccc(OCCN2CC(CF)C2)cc1.O=C(c1ccccc1F)c1sc2cc(O)ccc2c1Oc1ccc(OCCN2CC(CF)C2)cc1. The molecule has 0 unspecified atom stereocenters. The Kier molecular flexibility index (Phi) is 31.7. The van der Waals surface area contributed by atoms with E-state index >= 15 is 0 Å². The zero-order chi connectivity index (χ0) is 97.5. The summed E-state index contributed by atoms with van der Waals surface area (Å²) in [6, 6.07) is 74.6. The number of nitrogens with zero attached hydrogens (tertiary/aromatic N) is 4. The molecule has 12 aromatic carbocycles. The van der Waals surface area contributed by atoms with Crippen molar-refractivity contribution >= 4 is 109 Å². The number of ketones is 4. The predicted octanol–water partition coefficient (Wildman–Crippen LogP) is 24.5. The summed E-state index contributed by atoms with van der Waals surface area (Å²) in [7, 11) is 0. The zero-order valence-electron chi connectivity index (χ0n) is 76.2. The van der Waals surface area contributed by atoms with Crippen LogP contribution in [0.4, 0.5) is 26.3 Å². The van der Waals surface area contributed by atoms with Crippen molar-refractivity contribution in [3.63, 3.8) is 0 Å². The molecule has 20 nitrogen and oxygen atoms in total. The van der Waals surface area contributed by atoms with Crippen LogP contribution in [-0.4, -0.2) is 195 Å². The summed E-state index contributed by atoms with van der Waals surface area (Å²) >= 11 is 4.89. The number of phenolic OH excluding ortho intramolecular Hbond substituents is 4. The number of thiophene rings is 4. The third-order valence-electron chi connectivity index (χ3n) is 24.2. The van der Waals surface area contributed by atoms with Gasteiger partial charge < -0.3 is 58.3 Å². The van der Waals surface area contributed by atoms with Gasteiger partial charge in [0.15, 0.2) is 23.0 Å². The van der Waals surface area contributed by atoms with Crippen molar-refractivity contribution in [1.29, 1.82) is 0 Å². The fourth-order valence-corrected chi connectivity index (χ4v) is 20.9. The number of hydrogen-bond donors (Lipinski definition) is 4. The number of benzene rings is 12. The van der Waals surface area contributed by atoms with Crippen LogP contribution < -0.4 is 37.9 Å². The molecule has 0 amide bonds. The third kappa shape index (κ3) is 23.8. The Morgan fingerprint density at radius 2 is 0.543 bits per heavy atom. The first-order valence-electron chi connectivity index (χ1n) is 45.6. The molecule has 0 saturated carbocycles. The van der Waals surface area contributed by atoms with Crippen LogP contribution in [0.1, 0.15) is 72.1 Å². The molecule has 4 saturated heterocycles. The monoisotopic (exact) mass is 1970 g/mol. The van der Waals surface area contributed by atoms with Gasteiger partial charge in [0.05, 0.1) is 37.8 Å². The molecule has 4 fully saturated rings. The second-order valence-electron chi connectivity index (χ2n) is 34.5. The van der Waals surface area contributed by atoms with E-state index in [2.05, 4.69) is 19.6 Å². The van der Waals surface area contributed by atoms with E-state index in [9.17, 15) is 65.9 Å². The summed E-state index contributed by atoms with van der Waals surface area (Å²) in [5.74, 6) is 5.12. The average Bonchev–Trinajstić information content (AvgIpc) is 1.64. The lowest BCUT2D eigenvalue weighted by molar-refractivity contribution is 0.0668. The standard InChI is InChI=1S/2C28H26FNO4S.2C27H23F2NO4S/c1-18-2-4-20(5-3-18)26(32)28-27(24-11-6-21(31)14-25(24)35-28)34-23-9-7-22(8-10-23)33-13-12-30-16-19(15-29)17-30;1-18-4-2-3-5-23(18)26(32)28-27(24-11-6-20(31)14-25(24)35-28)34-22-9-7-21(8-10-22)33-13-12-30-16-19(15-29)17-30;2*28-14-17-15-30(16-17)11-12-33-19-6-8-20(9-7-19)34-26-22-10-5-18(31)13-24(22)35-27(26)25(32)21-3-1-2-4-23(21)29/h2*2-11,14,19,31H,12-13,15-17H2,1H3;2*1-10,13,17,31H,11-12,14-16H2. The van der Waals surface area contributed by atoms with Gasteiger partial charge in [-0.25, -0.2) is 8.78 Å². The number of carbonyl (C=O) groups is 4. The number of carbonyl (C=O) groups excluding carboxylic acids is 4. The van der Waals surface area contributed by atoms with E-state index < -0.39 is 23.2 Å². The van der Waals surface area contributed by atoms with Crippen LogP contribution >= 0.6 is 45.3 Å². The molecule has 4 aromatic heterocycles. The van der Waals surface area contributed by atoms with Gasteiger partial charge in [-0.3, -0.25) is 56.3 Å². The smallest absolute Gasteiger partial charge is 0.209 e. The molecule has 140 heavy (non-hydrogen) atoms. The highest BCUT2D eigenvalue weighted by Crippen LogP contribution is 2.49. The maximum Gasteiger partial charge on any atom is 0.209 e. The fraction of sp³-hybridized carbons (Fsp3) is 0.236. The number of alkyl halides is 4. The topological polar surface area (TPSA) is 236 Å². The molecular weight excluding hydrogens is 1880 g/mol. The summed E-state index contributed by atoms with van der Waals surface area (Å²) in [5.41, 5.74) is 3.09. The molecule has 4 aliphatic heterocycles. The fourth-order valence-electron chi connectivity index (χ4n) is 16.5. The van der Waals surface area contributed by atoms with E-state index in [1.807, 2.05) is 111 Å². The Labute approximate surface area is 819 Å². The highest BCUT2D eigenvalue weighted by Gasteiger charge is 2.33. The number of aromatic hydroxyl groups is 4. The minimum Gasteiger partial charge on any atom is -0.508 e. The average molecular weight is 1970 g/mol. The van der Waals surface area contributed by atoms with Crippen molar-refractivity contribution in [2.24, 2.45) is 23.7 Å². The van der Waals surface area contributed by atoms with Gasteiger partial charge in [0, 0.05) is 154 Å². The van der Waals surface area contributed by atoms with Crippen molar-refractivity contribution in [3.05, 3.63) is 331 Å². The van der Waals surface area contributed by atoms with Crippen molar-refractivity contribution in [2.75, 3.05) is 132 Å². The molecular formula is C110H98F6N4O16S4. The van der Waals surface area contributed by atoms with Gasteiger partial charge in [-0.2, -0.15) is 0 Å². The van der Waals surface area contributed by atoms with Crippen LogP contribution in [-0.2, 0) is 0 Å². The zero-order valence-corrected chi connectivity index (χ0v) is 79.5. The molecule has 0 atom stereocenters. The Morgan fingerprint density at radius 3 is 0.807 bits per heavy atom. The van der Waals surface area contributed by atoms with E-state index in [1.54, 1.807) is 121 Å². The number of phenols is 4. The molecule has 8 heterocycles. The molecule has 16 aromatic rings. The van der Waals surface area contributed by atoms with Gasteiger partial charge in [0.1, 0.15) is 127 Å². The minimum atomic E-state index is -0.608. The lowest BCUT2D eigenvalue weighted by atomic mass is 10.0. The molecule has 720 valence electrons. The lowest BCUT2D eigenvalue weighted by Gasteiger charge is -2.37. The van der Waals surface area contributed by atoms with E-state index in [1.165, 1.54) is 71.2 Å². The second-order valence-corrected chi connectivity index (χ2v) is 38.7. The third-order valence-corrected chi connectivity index (χ3v) is 28.7. The summed E-state index contributed by atoms with van der Waals surface area (Å²) in [5, 5.41) is 42.5. The van der Waals surface area contributed by atoms with Crippen LogP contribution in [0, 0.1) is 49.2 Å². The number of aryl methyl sites for hydroxylation is 2. The maximum absolute atomic E-state index is 14.3. The van der Waals surface area contributed by atoms with Gasteiger partial charge >= 0.3 is 0 Å². The van der Waals surface area contributed by atoms with E-state index in [4.69, 9.17) is 37.9 Å². The van der Waals surface area contributed by atoms with Crippen LogP contribution in [0.5, 0.6) is 92.0 Å². The van der Waals surface area contributed by atoms with Crippen molar-refractivity contribution in [1.82, 2.24) is 19.6 Å². The molecule has 0 radical (unpaired) electrons. The molecule has 4 aliphatic rings. The summed E-state index contributed by atoms with van der Waals surface area (Å²) in [6.45, 7) is 14.2. The number of ether oxygens (including phenoxy) is 8. The Hall–Kier alpha value is -13.8. The molecule has 0 bridgehead atoms. The number of hydrogen-bond acceptors (Lipinski definition) is 24. The van der Waals surface area contributed by atoms with Gasteiger partial charge in [0.2, 0.25) is 23.1 Å². The first-order valence-corrected chi connectivity index (χ1v) is 48.9. The van der Waals surface area contributed by atoms with Gasteiger partial charge in [0.25, 0.3) is 0 Å². The van der Waals surface area contributed by atoms with E-state index in [0.29, 0.717) is 125 Å². The number of rotatable bonds is 36. The predicted molar refractivity (Wildman–Crippen MR) is 535 cm³/mol. The maximum atomic E-state index is 14.3. The van der Waals surface area contributed by atoms with Crippen LogP contribution in [0.2, 0.25) is 0 Å². The molecule has 0 aliphatic carbocycles. The van der Waals surface area contributed by atoms with Gasteiger partial charge in [-0.1, -0.05) is 78.4 Å². The molecule has 20 rings (SSSR count). The van der Waals surface area contributed by atoms with E-state index in [0.717, 1.165) is 144 Å². The Morgan fingerprint density at radius 1 is 0.300 bits per heavy atom. The van der Waals surface area contributed by atoms with Gasteiger partial charge in [-0.15, -0.1) is 45.3 Å². The normalized spacial score (nSPS) is 14.1. The van der Waals surface area contributed by atoms with Crippen LogP contribution in [0.25, 0.3) is 40.3 Å². The number of halogens is 6. The Balaban J connectivity index is 0.000000129. The highest BCUT2D eigenvalue weighted by molar-refractivity contribution is 7.22. The van der Waals surface area contributed by atoms with Crippen LogP contribution in [0.15, 0.2) is 267 Å². The van der Waals surface area contributed by atoms with E-state index in [-0.39, 0.29) is 106 Å².